The largest absolute Gasteiger partial charge is 0.476 e. The van der Waals surface area contributed by atoms with Gasteiger partial charge in [-0.05, 0) is 19.9 Å². The van der Waals surface area contributed by atoms with E-state index in [2.05, 4.69) is 10.3 Å². The van der Waals surface area contributed by atoms with Crippen LogP contribution in [-0.2, 0) is 11.3 Å². The molecule has 86 valence electrons. The minimum atomic E-state index is -1.04. The number of hydrogen-bond acceptors (Lipinski definition) is 4. The fourth-order valence-corrected chi connectivity index (χ4v) is 1.96. The van der Waals surface area contributed by atoms with Gasteiger partial charge in [0.05, 0.1) is 6.54 Å². The number of aromatic nitrogens is 1. The Morgan fingerprint density at radius 1 is 1.56 bits per heavy atom. The molecule has 1 rings (SSSR count). The van der Waals surface area contributed by atoms with Gasteiger partial charge in [-0.2, -0.15) is 0 Å². The summed E-state index contributed by atoms with van der Waals surface area (Å²) >= 11 is 1.27. The highest BCUT2D eigenvalue weighted by atomic mass is 32.1. The molecule has 0 atom stereocenters. The van der Waals surface area contributed by atoms with Gasteiger partial charge in [-0.1, -0.05) is 6.08 Å². The van der Waals surface area contributed by atoms with Gasteiger partial charge < -0.3 is 10.4 Å². The van der Waals surface area contributed by atoms with Gasteiger partial charge in [-0.25, -0.2) is 9.78 Å². The predicted octanol–water partition coefficient (Wildman–Crippen LogP) is 1.34. The van der Waals surface area contributed by atoms with Crippen LogP contribution in [0, 0.1) is 6.92 Å². The highest BCUT2D eigenvalue weighted by Crippen LogP contribution is 2.17. The third-order valence-electron chi connectivity index (χ3n) is 1.78. The zero-order valence-electron chi connectivity index (χ0n) is 8.98. The Morgan fingerprint density at radius 2 is 2.25 bits per heavy atom. The average Bonchev–Trinajstić information content (AvgIpc) is 2.57. The number of aryl methyl sites for hydroxylation is 1. The Morgan fingerprint density at radius 3 is 2.75 bits per heavy atom. The minimum absolute atomic E-state index is 0.0558. The van der Waals surface area contributed by atoms with E-state index in [-0.39, 0.29) is 18.1 Å². The molecule has 1 aromatic heterocycles. The van der Waals surface area contributed by atoms with Crippen LogP contribution in [0.15, 0.2) is 12.2 Å². The molecule has 1 heterocycles. The lowest BCUT2D eigenvalue weighted by atomic mass is 10.4. The second-order valence-electron chi connectivity index (χ2n) is 3.04. The van der Waals surface area contributed by atoms with E-state index in [9.17, 15) is 9.59 Å². The topological polar surface area (TPSA) is 79.3 Å². The van der Waals surface area contributed by atoms with Crippen molar-refractivity contribution in [2.75, 3.05) is 0 Å². The lowest BCUT2D eigenvalue weighted by Crippen LogP contribution is -2.20. The number of carbonyl (C=O) groups is 2. The number of carboxylic acids is 1. The summed E-state index contributed by atoms with van der Waals surface area (Å²) in [7, 11) is 0. The zero-order chi connectivity index (χ0) is 12.1. The standard InChI is InChI=1S/C10H12N2O3S/c1-3-4-7(13)11-5-8-12-9(10(14)15)6(2)16-8/h3-4H,5H2,1-2H3,(H,11,13)(H,14,15)/b4-3+. The van der Waals surface area contributed by atoms with Crippen LogP contribution in [0.25, 0.3) is 0 Å². The number of carbonyl (C=O) groups excluding carboxylic acids is 1. The molecule has 0 aliphatic rings. The van der Waals surface area contributed by atoms with Gasteiger partial charge in [0.2, 0.25) is 5.91 Å². The molecule has 0 aliphatic heterocycles. The summed E-state index contributed by atoms with van der Waals surface area (Å²) in [5, 5.41) is 12.0. The predicted molar refractivity (Wildman–Crippen MR) is 60.5 cm³/mol. The van der Waals surface area contributed by atoms with Crippen LogP contribution in [-0.4, -0.2) is 22.0 Å². The molecule has 2 N–H and O–H groups in total. The van der Waals surface area contributed by atoms with Gasteiger partial charge in [-0.15, -0.1) is 11.3 Å². The van der Waals surface area contributed by atoms with Gasteiger partial charge in [0, 0.05) is 4.88 Å². The molecule has 0 saturated heterocycles. The van der Waals surface area contributed by atoms with Crippen molar-refractivity contribution in [3.05, 3.63) is 27.7 Å². The van der Waals surface area contributed by atoms with E-state index in [4.69, 9.17) is 5.11 Å². The first-order valence-corrected chi connectivity index (χ1v) is 5.46. The molecule has 1 aromatic rings. The van der Waals surface area contributed by atoms with E-state index in [1.807, 2.05) is 0 Å². The van der Waals surface area contributed by atoms with E-state index < -0.39 is 5.97 Å². The number of thiazole rings is 1. The van der Waals surface area contributed by atoms with Crippen LogP contribution in [0.4, 0.5) is 0 Å². The van der Waals surface area contributed by atoms with Crippen molar-refractivity contribution < 1.29 is 14.7 Å². The highest BCUT2D eigenvalue weighted by molar-refractivity contribution is 7.11. The van der Waals surface area contributed by atoms with Crippen molar-refractivity contribution in [3.63, 3.8) is 0 Å². The number of nitrogens with zero attached hydrogens (tertiary/aromatic N) is 1. The molecular formula is C10H12N2O3S. The third kappa shape index (κ3) is 3.16. The van der Waals surface area contributed by atoms with Crippen molar-refractivity contribution in [1.29, 1.82) is 0 Å². The molecule has 1 amide bonds. The number of amides is 1. The lowest BCUT2D eigenvalue weighted by Gasteiger charge is -1.96. The molecule has 0 spiro atoms. The normalized spacial score (nSPS) is 10.6. The molecule has 0 bridgehead atoms. The Labute approximate surface area is 96.8 Å². The Kier molecular flexibility index (Phi) is 4.19. The van der Waals surface area contributed by atoms with Crippen molar-refractivity contribution in [2.24, 2.45) is 0 Å². The minimum Gasteiger partial charge on any atom is -0.476 e. The summed E-state index contributed by atoms with van der Waals surface area (Å²) in [6, 6.07) is 0. The average molecular weight is 240 g/mol. The maximum absolute atomic E-state index is 11.1. The van der Waals surface area contributed by atoms with Crippen LogP contribution < -0.4 is 5.32 Å². The summed E-state index contributed by atoms with van der Waals surface area (Å²) in [6.07, 6.45) is 3.03. The van der Waals surface area contributed by atoms with Gasteiger partial charge in [0.15, 0.2) is 5.69 Å². The van der Waals surface area contributed by atoms with Gasteiger partial charge in [0.25, 0.3) is 0 Å². The first-order chi connectivity index (χ1) is 7.54. The summed E-state index contributed by atoms with van der Waals surface area (Å²) < 4.78 is 0. The summed E-state index contributed by atoms with van der Waals surface area (Å²) in [5.41, 5.74) is 0.0558. The molecule has 0 aliphatic carbocycles. The van der Waals surface area contributed by atoms with E-state index in [1.54, 1.807) is 19.9 Å². The second-order valence-corrected chi connectivity index (χ2v) is 4.32. The maximum Gasteiger partial charge on any atom is 0.355 e. The molecule has 0 aromatic carbocycles. The molecule has 5 nitrogen and oxygen atoms in total. The molecule has 6 heteroatoms. The number of aromatic carboxylic acids is 1. The quantitative estimate of drug-likeness (QED) is 0.778. The summed E-state index contributed by atoms with van der Waals surface area (Å²) in [6.45, 7) is 3.69. The molecule has 16 heavy (non-hydrogen) atoms. The van der Waals surface area contributed by atoms with Crippen molar-refractivity contribution in [1.82, 2.24) is 10.3 Å². The van der Waals surface area contributed by atoms with Gasteiger partial charge in [0.1, 0.15) is 5.01 Å². The number of allylic oxidation sites excluding steroid dienone is 1. The van der Waals surface area contributed by atoms with Crippen molar-refractivity contribution in [3.8, 4) is 0 Å². The number of nitrogens with one attached hydrogen (secondary N) is 1. The van der Waals surface area contributed by atoms with E-state index in [0.29, 0.717) is 9.88 Å². The third-order valence-corrected chi connectivity index (χ3v) is 2.75. The summed E-state index contributed by atoms with van der Waals surface area (Å²) in [5.74, 6) is -1.26. The molecule has 0 fully saturated rings. The van der Waals surface area contributed by atoms with Crippen LogP contribution in [0.5, 0.6) is 0 Å². The Bertz CT molecular complexity index is 437. The smallest absolute Gasteiger partial charge is 0.355 e. The SMILES string of the molecule is C/C=C/C(=O)NCc1nc(C(=O)O)c(C)s1. The number of hydrogen-bond donors (Lipinski definition) is 2. The van der Waals surface area contributed by atoms with Crippen LogP contribution in [0.1, 0.15) is 27.3 Å². The molecular weight excluding hydrogens is 228 g/mol. The van der Waals surface area contributed by atoms with Crippen LogP contribution in [0.2, 0.25) is 0 Å². The Balaban J connectivity index is 2.65. The molecule has 0 radical (unpaired) electrons. The lowest BCUT2D eigenvalue weighted by molar-refractivity contribution is -0.116. The monoisotopic (exact) mass is 240 g/mol. The van der Waals surface area contributed by atoms with Crippen LogP contribution in [0.3, 0.4) is 0 Å². The first kappa shape index (κ1) is 12.4. The van der Waals surface area contributed by atoms with Gasteiger partial charge in [-0.3, -0.25) is 4.79 Å². The zero-order valence-corrected chi connectivity index (χ0v) is 9.80. The molecule has 0 saturated carbocycles. The number of rotatable bonds is 4. The van der Waals surface area contributed by atoms with Crippen molar-refractivity contribution in [2.45, 2.75) is 20.4 Å². The van der Waals surface area contributed by atoms with E-state index in [0.717, 1.165) is 0 Å². The van der Waals surface area contributed by atoms with Gasteiger partial charge >= 0.3 is 5.97 Å². The first-order valence-electron chi connectivity index (χ1n) is 4.64. The van der Waals surface area contributed by atoms with E-state index in [1.165, 1.54) is 17.4 Å². The Hall–Kier alpha value is -1.69. The summed E-state index contributed by atoms with van der Waals surface area (Å²) in [4.78, 5) is 26.4. The number of carboxylic acid groups (broad SMARTS) is 1. The maximum atomic E-state index is 11.1. The van der Waals surface area contributed by atoms with E-state index >= 15 is 0 Å². The van der Waals surface area contributed by atoms with Crippen LogP contribution >= 0.6 is 11.3 Å². The highest BCUT2D eigenvalue weighted by Gasteiger charge is 2.13. The second kappa shape index (κ2) is 5.41. The fraction of sp³-hybridized carbons (Fsp3) is 0.300. The van der Waals surface area contributed by atoms with Crippen molar-refractivity contribution >= 4 is 23.2 Å². The fourth-order valence-electron chi connectivity index (χ4n) is 1.10. The molecule has 0 unspecified atom stereocenters.